The van der Waals surface area contributed by atoms with Gasteiger partial charge in [-0.25, -0.2) is 4.83 Å². The van der Waals surface area contributed by atoms with Crippen LogP contribution in [0.1, 0.15) is 37.5 Å². The van der Waals surface area contributed by atoms with Gasteiger partial charge in [-0.05, 0) is 47.2 Å². The minimum Gasteiger partial charge on any atom is -0.200 e. The van der Waals surface area contributed by atoms with Crippen LogP contribution in [0.15, 0.2) is 52.5 Å². The van der Waals surface area contributed by atoms with Gasteiger partial charge in [0.2, 0.25) is 0 Å². The zero-order valence-corrected chi connectivity index (χ0v) is 15.7. The van der Waals surface area contributed by atoms with E-state index in [1.165, 1.54) is 6.21 Å². The van der Waals surface area contributed by atoms with Gasteiger partial charge in [0, 0.05) is 5.02 Å². The number of nitrogens with one attached hydrogen (secondary N) is 1. The van der Waals surface area contributed by atoms with E-state index < -0.39 is 10.0 Å². The van der Waals surface area contributed by atoms with Crippen LogP contribution in [0.4, 0.5) is 0 Å². The van der Waals surface area contributed by atoms with E-state index in [9.17, 15) is 8.42 Å². The lowest BCUT2D eigenvalue weighted by Gasteiger charge is -2.20. The molecule has 4 nitrogen and oxygen atoms in total. The SMILES string of the molecule is Cc1ccc(C(C)(C)C)cc1S(=O)(=O)N/N=C/c1cccc(Cl)c1. The zero-order valence-electron chi connectivity index (χ0n) is 14.2. The van der Waals surface area contributed by atoms with Crippen LogP contribution in [0.5, 0.6) is 0 Å². The Morgan fingerprint density at radius 1 is 1.12 bits per heavy atom. The number of benzene rings is 2. The van der Waals surface area contributed by atoms with Crippen LogP contribution < -0.4 is 4.83 Å². The summed E-state index contributed by atoms with van der Waals surface area (Å²) in [5, 5.41) is 4.41. The van der Waals surface area contributed by atoms with Crippen molar-refractivity contribution in [3.63, 3.8) is 0 Å². The van der Waals surface area contributed by atoms with Gasteiger partial charge in [-0.3, -0.25) is 0 Å². The summed E-state index contributed by atoms with van der Waals surface area (Å²) in [5.41, 5.74) is 2.20. The molecule has 0 fully saturated rings. The molecule has 0 heterocycles. The van der Waals surface area contributed by atoms with Crippen LogP contribution in [0.25, 0.3) is 0 Å². The Labute approximate surface area is 148 Å². The standard InChI is InChI=1S/C18H21ClN2O2S/c1-13-8-9-15(18(2,3)4)11-17(13)24(22,23)21-20-12-14-6-5-7-16(19)10-14/h5-12,21H,1-4H3/b20-12+. The fraction of sp³-hybridized carbons (Fsp3) is 0.278. The summed E-state index contributed by atoms with van der Waals surface area (Å²) in [6, 6.07) is 12.5. The molecule has 0 aliphatic heterocycles. The van der Waals surface area contributed by atoms with E-state index in [1.807, 2.05) is 32.9 Å². The first-order valence-corrected chi connectivity index (χ1v) is 9.37. The average Bonchev–Trinajstić information content (AvgIpc) is 2.46. The smallest absolute Gasteiger partial charge is 0.200 e. The van der Waals surface area contributed by atoms with Crippen molar-refractivity contribution in [3.8, 4) is 0 Å². The molecular weight excluding hydrogens is 344 g/mol. The molecule has 0 saturated heterocycles. The van der Waals surface area contributed by atoms with Gasteiger partial charge in [0.1, 0.15) is 0 Å². The fourth-order valence-corrected chi connectivity index (χ4v) is 3.43. The van der Waals surface area contributed by atoms with Gasteiger partial charge in [0.05, 0.1) is 11.1 Å². The predicted octanol–water partition coefficient (Wildman–Crippen LogP) is 4.26. The Morgan fingerprint density at radius 3 is 2.46 bits per heavy atom. The molecule has 0 aliphatic rings. The summed E-state index contributed by atoms with van der Waals surface area (Å²) < 4.78 is 25.1. The van der Waals surface area contributed by atoms with E-state index in [0.717, 1.165) is 5.56 Å². The fourth-order valence-electron chi connectivity index (χ4n) is 2.16. The molecule has 2 aromatic carbocycles. The summed E-state index contributed by atoms with van der Waals surface area (Å²) in [5.74, 6) is 0. The third kappa shape index (κ3) is 4.58. The van der Waals surface area contributed by atoms with Crippen LogP contribution >= 0.6 is 11.6 Å². The Morgan fingerprint density at radius 2 is 1.83 bits per heavy atom. The number of aryl methyl sites for hydroxylation is 1. The van der Waals surface area contributed by atoms with Crippen LogP contribution in [0.3, 0.4) is 0 Å². The molecule has 0 spiro atoms. The molecule has 24 heavy (non-hydrogen) atoms. The largest absolute Gasteiger partial charge is 0.276 e. The number of halogens is 1. The van der Waals surface area contributed by atoms with E-state index in [2.05, 4.69) is 9.93 Å². The molecule has 0 radical (unpaired) electrons. The second-order valence-corrected chi connectivity index (χ2v) is 8.70. The molecule has 0 saturated carbocycles. The highest BCUT2D eigenvalue weighted by Crippen LogP contribution is 2.26. The van der Waals surface area contributed by atoms with Crippen molar-refractivity contribution in [2.24, 2.45) is 5.10 Å². The van der Waals surface area contributed by atoms with Gasteiger partial charge in [-0.2, -0.15) is 13.5 Å². The third-order valence-electron chi connectivity index (χ3n) is 3.58. The second-order valence-electron chi connectivity index (χ2n) is 6.64. The number of sulfonamides is 1. The molecule has 0 amide bonds. The van der Waals surface area contributed by atoms with Gasteiger partial charge >= 0.3 is 0 Å². The molecule has 1 N–H and O–H groups in total. The van der Waals surface area contributed by atoms with E-state index in [4.69, 9.17) is 11.6 Å². The van der Waals surface area contributed by atoms with E-state index in [1.54, 1.807) is 37.3 Å². The molecule has 128 valence electrons. The topological polar surface area (TPSA) is 58.5 Å². The van der Waals surface area contributed by atoms with Crippen molar-refractivity contribution in [1.82, 2.24) is 4.83 Å². The predicted molar refractivity (Wildman–Crippen MR) is 99.2 cm³/mol. The van der Waals surface area contributed by atoms with Crippen molar-refractivity contribution < 1.29 is 8.42 Å². The van der Waals surface area contributed by atoms with Crippen molar-refractivity contribution >= 4 is 27.8 Å². The van der Waals surface area contributed by atoms with Gasteiger partial charge in [0.15, 0.2) is 0 Å². The Kier molecular flexibility index (Phi) is 5.35. The number of hydrogen-bond acceptors (Lipinski definition) is 3. The summed E-state index contributed by atoms with van der Waals surface area (Å²) in [7, 11) is -3.73. The maximum atomic E-state index is 12.5. The van der Waals surface area contributed by atoms with Gasteiger partial charge in [0.25, 0.3) is 10.0 Å². The van der Waals surface area contributed by atoms with Crippen LogP contribution in [0.2, 0.25) is 5.02 Å². The maximum Gasteiger partial charge on any atom is 0.276 e. The summed E-state index contributed by atoms with van der Waals surface area (Å²) >= 11 is 5.89. The summed E-state index contributed by atoms with van der Waals surface area (Å²) in [4.78, 5) is 2.50. The van der Waals surface area contributed by atoms with Crippen molar-refractivity contribution in [1.29, 1.82) is 0 Å². The van der Waals surface area contributed by atoms with Crippen LogP contribution in [-0.4, -0.2) is 14.6 Å². The molecule has 0 atom stereocenters. The lowest BCUT2D eigenvalue weighted by atomic mass is 9.87. The molecule has 0 unspecified atom stereocenters. The number of rotatable bonds is 4. The molecule has 0 aromatic heterocycles. The highest BCUT2D eigenvalue weighted by atomic mass is 35.5. The molecule has 0 bridgehead atoms. The first kappa shape index (κ1) is 18.5. The van der Waals surface area contributed by atoms with Gasteiger partial charge < -0.3 is 0 Å². The van der Waals surface area contributed by atoms with Crippen molar-refractivity contribution in [2.45, 2.75) is 38.0 Å². The maximum absolute atomic E-state index is 12.5. The normalized spacial score (nSPS) is 12.5. The Bertz CT molecular complexity index is 869. The monoisotopic (exact) mass is 364 g/mol. The van der Waals surface area contributed by atoms with E-state index in [0.29, 0.717) is 16.1 Å². The van der Waals surface area contributed by atoms with Crippen LogP contribution in [-0.2, 0) is 15.4 Å². The molecule has 6 heteroatoms. The highest BCUT2D eigenvalue weighted by molar-refractivity contribution is 7.89. The zero-order chi connectivity index (χ0) is 18.0. The van der Waals surface area contributed by atoms with E-state index >= 15 is 0 Å². The Hall–Kier alpha value is -1.85. The first-order valence-electron chi connectivity index (χ1n) is 7.51. The lowest BCUT2D eigenvalue weighted by Crippen LogP contribution is -2.21. The molecule has 2 rings (SSSR count). The molecule has 0 aliphatic carbocycles. The van der Waals surface area contributed by atoms with Crippen molar-refractivity contribution in [3.05, 3.63) is 64.2 Å². The van der Waals surface area contributed by atoms with Gasteiger partial charge in [-0.1, -0.05) is 56.6 Å². The summed E-state index contributed by atoms with van der Waals surface area (Å²) in [6.45, 7) is 7.89. The number of nitrogens with zero attached hydrogens (tertiary/aromatic N) is 1. The van der Waals surface area contributed by atoms with Crippen molar-refractivity contribution in [2.75, 3.05) is 0 Å². The van der Waals surface area contributed by atoms with E-state index in [-0.39, 0.29) is 10.3 Å². The average molecular weight is 365 g/mol. The minimum atomic E-state index is -3.73. The second kappa shape index (κ2) is 6.95. The first-order chi connectivity index (χ1) is 11.1. The lowest BCUT2D eigenvalue weighted by molar-refractivity contribution is 0.577. The number of hydrazone groups is 1. The third-order valence-corrected chi connectivity index (χ3v) is 5.18. The Balaban J connectivity index is 2.27. The van der Waals surface area contributed by atoms with Crippen LogP contribution in [0, 0.1) is 6.92 Å². The quantitative estimate of drug-likeness (QED) is 0.651. The van der Waals surface area contributed by atoms with Gasteiger partial charge in [-0.15, -0.1) is 0 Å². The molecule has 2 aromatic rings. The minimum absolute atomic E-state index is 0.137. The number of hydrogen-bond donors (Lipinski definition) is 1. The molecular formula is C18H21ClN2O2S. The summed E-state index contributed by atoms with van der Waals surface area (Å²) in [6.07, 6.45) is 1.42. The highest BCUT2D eigenvalue weighted by Gasteiger charge is 2.20.